The normalized spacial score (nSPS) is 38.2. The van der Waals surface area contributed by atoms with Crippen molar-refractivity contribution in [3.63, 3.8) is 0 Å². The molecule has 4 aliphatic rings. The first kappa shape index (κ1) is 14.9. The van der Waals surface area contributed by atoms with Crippen LogP contribution in [0.25, 0.3) is 0 Å². The zero-order chi connectivity index (χ0) is 15.0. The van der Waals surface area contributed by atoms with Crippen LogP contribution in [0, 0.1) is 23.2 Å². The number of amides is 1. The highest BCUT2D eigenvalue weighted by molar-refractivity contribution is 5.78. The predicted molar refractivity (Wildman–Crippen MR) is 79.7 cm³/mol. The highest BCUT2D eigenvalue weighted by Gasteiger charge is 2.51. The Bertz CT molecular complexity index is 396. The van der Waals surface area contributed by atoms with Crippen molar-refractivity contribution in [3.8, 4) is 0 Å². The van der Waals surface area contributed by atoms with Crippen LogP contribution in [0.1, 0.15) is 64.7 Å². The van der Waals surface area contributed by atoms with E-state index in [9.17, 15) is 9.59 Å². The van der Waals surface area contributed by atoms with Crippen LogP contribution in [0.3, 0.4) is 0 Å². The van der Waals surface area contributed by atoms with Crippen molar-refractivity contribution >= 4 is 11.9 Å². The summed E-state index contributed by atoms with van der Waals surface area (Å²) in [5.41, 5.74) is 0.236. The number of carbonyl (C=O) groups is 2. The second-order valence-corrected chi connectivity index (χ2v) is 7.86. The monoisotopic (exact) mass is 293 g/mol. The Morgan fingerprint density at radius 1 is 1.14 bits per heavy atom. The van der Waals surface area contributed by atoms with E-state index in [-0.39, 0.29) is 23.8 Å². The number of nitrogens with one attached hydrogen (secondary N) is 1. The molecule has 4 fully saturated rings. The smallest absolute Gasteiger partial charge is 0.305 e. The SMILES string of the molecule is CCC(CC(=O)O)NC(=O)CC12CC3CC(CC(C3)C1)C2. The van der Waals surface area contributed by atoms with E-state index in [1.54, 1.807) is 0 Å². The van der Waals surface area contributed by atoms with Gasteiger partial charge in [0, 0.05) is 12.5 Å². The minimum Gasteiger partial charge on any atom is -0.481 e. The molecule has 2 N–H and O–H groups in total. The summed E-state index contributed by atoms with van der Waals surface area (Å²) in [6.45, 7) is 1.93. The Kier molecular flexibility index (Phi) is 3.98. The van der Waals surface area contributed by atoms with E-state index in [1.165, 1.54) is 38.5 Å². The standard InChI is InChI=1S/C17H27NO3/c1-2-14(6-16(20)21)18-15(19)10-17-7-11-3-12(8-17)5-13(4-11)9-17/h11-14H,2-10H2,1H3,(H,18,19)(H,20,21). The summed E-state index contributed by atoms with van der Waals surface area (Å²) < 4.78 is 0. The Hall–Kier alpha value is -1.06. The number of aliphatic carboxylic acids is 1. The Labute approximate surface area is 126 Å². The number of carboxylic acid groups (broad SMARTS) is 1. The van der Waals surface area contributed by atoms with Crippen molar-refractivity contribution in [2.24, 2.45) is 23.2 Å². The molecule has 4 saturated carbocycles. The second-order valence-electron chi connectivity index (χ2n) is 7.86. The molecule has 1 atom stereocenters. The first-order chi connectivity index (χ1) is 9.98. The van der Waals surface area contributed by atoms with E-state index < -0.39 is 5.97 Å². The highest BCUT2D eigenvalue weighted by Crippen LogP contribution is 2.61. The number of hydrogen-bond donors (Lipinski definition) is 2. The third-order valence-corrected chi connectivity index (χ3v) is 5.98. The zero-order valence-electron chi connectivity index (χ0n) is 12.9. The molecule has 0 aromatic carbocycles. The van der Waals surface area contributed by atoms with Gasteiger partial charge in [-0.1, -0.05) is 6.92 Å². The van der Waals surface area contributed by atoms with Crippen molar-refractivity contribution in [2.75, 3.05) is 0 Å². The highest BCUT2D eigenvalue weighted by atomic mass is 16.4. The summed E-state index contributed by atoms with van der Waals surface area (Å²) in [5.74, 6) is 1.79. The molecule has 4 heteroatoms. The van der Waals surface area contributed by atoms with Crippen molar-refractivity contribution in [1.82, 2.24) is 5.32 Å². The summed E-state index contributed by atoms with van der Waals surface area (Å²) >= 11 is 0. The van der Waals surface area contributed by atoms with E-state index in [1.807, 2.05) is 6.92 Å². The van der Waals surface area contributed by atoms with Gasteiger partial charge in [-0.05, 0) is 68.1 Å². The summed E-state index contributed by atoms with van der Waals surface area (Å²) in [5, 5.41) is 11.8. The fourth-order valence-electron chi connectivity index (χ4n) is 5.63. The van der Waals surface area contributed by atoms with E-state index in [2.05, 4.69) is 5.32 Å². The number of rotatable bonds is 6. The van der Waals surface area contributed by atoms with Gasteiger partial charge in [0.15, 0.2) is 0 Å². The van der Waals surface area contributed by atoms with Crippen molar-refractivity contribution in [2.45, 2.75) is 70.8 Å². The number of hydrogen-bond acceptors (Lipinski definition) is 2. The van der Waals surface area contributed by atoms with Gasteiger partial charge in [-0.3, -0.25) is 9.59 Å². The first-order valence-electron chi connectivity index (χ1n) is 8.49. The summed E-state index contributed by atoms with van der Waals surface area (Å²) in [7, 11) is 0. The van der Waals surface area contributed by atoms with Gasteiger partial charge in [0.2, 0.25) is 5.91 Å². The molecule has 0 aliphatic heterocycles. The van der Waals surface area contributed by atoms with Gasteiger partial charge in [-0.25, -0.2) is 0 Å². The predicted octanol–water partition coefficient (Wildman–Crippen LogP) is 2.96. The van der Waals surface area contributed by atoms with Gasteiger partial charge >= 0.3 is 5.97 Å². The van der Waals surface area contributed by atoms with Gasteiger partial charge in [0.1, 0.15) is 0 Å². The molecular formula is C17H27NO3. The zero-order valence-corrected chi connectivity index (χ0v) is 12.9. The third kappa shape index (κ3) is 3.24. The molecule has 4 aliphatic carbocycles. The molecule has 0 aromatic rings. The molecule has 0 heterocycles. The van der Waals surface area contributed by atoms with Crippen LogP contribution in [-0.4, -0.2) is 23.0 Å². The molecule has 1 amide bonds. The van der Waals surface area contributed by atoms with Crippen LogP contribution in [0.4, 0.5) is 0 Å². The fraction of sp³-hybridized carbons (Fsp3) is 0.882. The lowest BCUT2D eigenvalue weighted by atomic mass is 9.49. The number of carboxylic acids is 1. The average molecular weight is 293 g/mol. The van der Waals surface area contributed by atoms with E-state index >= 15 is 0 Å². The first-order valence-corrected chi connectivity index (χ1v) is 8.49. The second kappa shape index (κ2) is 5.62. The Balaban J connectivity index is 1.58. The maximum Gasteiger partial charge on any atom is 0.305 e. The minimum absolute atomic E-state index is 0.0309. The number of carbonyl (C=O) groups excluding carboxylic acids is 1. The van der Waals surface area contributed by atoms with Crippen LogP contribution in [-0.2, 0) is 9.59 Å². The van der Waals surface area contributed by atoms with E-state index in [4.69, 9.17) is 5.11 Å². The van der Waals surface area contributed by atoms with E-state index in [0.29, 0.717) is 12.8 Å². The Morgan fingerprint density at radius 3 is 2.10 bits per heavy atom. The van der Waals surface area contributed by atoms with Gasteiger partial charge in [0.25, 0.3) is 0 Å². The molecule has 4 nitrogen and oxygen atoms in total. The lowest BCUT2D eigenvalue weighted by Gasteiger charge is -2.56. The molecule has 4 rings (SSSR count). The summed E-state index contributed by atoms with van der Waals surface area (Å²) in [4.78, 5) is 23.2. The minimum atomic E-state index is -0.836. The largest absolute Gasteiger partial charge is 0.481 e. The maximum absolute atomic E-state index is 12.4. The quantitative estimate of drug-likeness (QED) is 0.791. The molecule has 0 spiro atoms. The molecule has 118 valence electrons. The Morgan fingerprint density at radius 2 is 1.67 bits per heavy atom. The molecule has 1 unspecified atom stereocenters. The molecule has 4 bridgehead atoms. The third-order valence-electron chi connectivity index (χ3n) is 5.98. The van der Waals surface area contributed by atoms with Crippen molar-refractivity contribution < 1.29 is 14.7 Å². The average Bonchev–Trinajstić information content (AvgIpc) is 2.34. The van der Waals surface area contributed by atoms with Gasteiger partial charge < -0.3 is 10.4 Å². The molecule has 0 radical (unpaired) electrons. The lowest BCUT2D eigenvalue weighted by Crippen LogP contribution is -2.48. The topological polar surface area (TPSA) is 66.4 Å². The lowest BCUT2D eigenvalue weighted by molar-refractivity contribution is -0.138. The van der Waals surface area contributed by atoms with Crippen molar-refractivity contribution in [3.05, 3.63) is 0 Å². The van der Waals surface area contributed by atoms with Gasteiger partial charge in [-0.15, -0.1) is 0 Å². The van der Waals surface area contributed by atoms with Crippen molar-refractivity contribution in [1.29, 1.82) is 0 Å². The summed E-state index contributed by atoms with van der Waals surface area (Å²) in [6.07, 6.45) is 9.16. The molecule has 0 saturated heterocycles. The maximum atomic E-state index is 12.4. The fourth-order valence-corrected chi connectivity index (χ4v) is 5.63. The molecule has 0 aromatic heterocycles. The molecule has 21 heavy (non-hydrogen) atoms. The molecular weight excluding hydrogens is 266 g/mol. The summed E-state index contributed by atoms with van der Waals surface area (Å²) in [6, 6.07) is -0.219. The van der Waals surface area contributed by atoms with Gasteiger partial charge in [-0.2, -0.15) is 0 Å². The van der Waals surface area contributed by atoms with Crippen LogP contribution >= 0.6 is 0 Å². The van der Waals surface area contributed by atoms with E-state index in [0.717, 1.165) is 17.8 Å². The van der Waals surface area contributed by atoms with Crippen LogP contribution in [0.15, 0.2) is 0 Å². The van der Waals surface area contributed by atoms with Gasteiger partial charge in [0.05, 0.1) is 6.42 Å². The van der Waals surface area contributed by atoms with Crippen LogP contribution < -0.4 is 5.32 Å². The van der Waals surface area contributed by atoms with Crippen LogP contribution in [0.2, 0.25) is 0 Å². The van der Waals surface area contributed by atoms with Crippen LogP contribution in [0.5, 0.6) is 0 Å².